The summed E-state index contributed by atoms with van der Waals surface area (Å²) in [5.41, 5.74) is 5.80. The normalized spacial score (nSPS) is 16.2. The Morgan fingerprint density at radius 1 is 1.16 bits per heavy atom. The Kier molecular flexibility index (Phi) is 7.01. The average Bonchev–Trinajstić information content (AvgIpc) is 2.93. The van der Waals surface area contributed by atoms with Gasteiger partial charge in [0.1, 0.15) is 5.25 Å². The number of fused-ring (bicyclic) bond motifs is 1. The molecule has 6 nitrogen and oxygen atoms in total. The lowest BCUT2D eigenvalue weighted by Gasteiger charge is -2.13. The molecule has 2 amide bonds. The van der Waals surface area contributed by atoms with Crippen molar-refractivity contribution in [2.24, 2.45) is 0 Å². The van der Waals surface area contributed by atoms with E-state index in [0.717, 1.165) is 25.7 Å². The minimum absolute atomic E-state index is 0.0484. The summed E-state index contributed by atoms with van der Waals surface area (Å²) in [7, 11) is -3.49. The zero-order chi connectivity index (χ0) is 18.4. The standard InChI is InChI=1S/C17H26N2O4S2/c1-3-10-25(22,23)12(2)16(20)18-19-17(21)15-11-13-8-6-4-5-7-9-14(13)24-15/h11-12H,3-10H2,1-2H3,(H,18,20)(H,19,21). The summed E-state index contributed by atoms with van der Waals surface area (Å²) in [5.74, 6) is -1.16. The Bertz CT molecular complexity index is 700. The van der Waals surface area contributed by atoms with Gasteiger partial charge in [0.15, 0.2) is 9.84 Å². The van der Waals surface area contributed by atoms with Crippen LogP contribution in [0.15, 0.2) is 6.07 Å². The van der Waals surface area contributed by atoms with Gasteiger partial charge in [0, 0.05) is 4.88 Å². The maximum atomic E-state index is 12.3. The van der Waals surface area contributed by atoms with Crippen molar-refractivity contribution in [1.29, 1.82) is 0 Å². The van der Waals surface area contributed by atoms with Crippen LogP contribution in [0.2, 0.25) is 0 Å². The summed E-state index contributed by atoms with van der Waals surface area (Å²) in [5, 5.41) is -1.18. The SMILES string of the molecule is CCCS(=O)(=O)C(C)C(=O)NNC(=O)c1cc2c(s1)CCCCCC2. The first-order valence-corrected chi connectivity index (χ1v) is 11.3. The van der Waals surface area contributed by atoms with Crippen LogP contribution in [0, 0.1) is 0 Å². The van der Waals surface area contributed by atoms with E-state index in [-0.39, 0.29) is 5.75 Å². The molecule has 0 fully saturated rings. The van der Waals surface area contributed by atoms with Crippen LogP contribution in [-0.4, -0.2) is 31.2 Å². The molecule has 0 saturated heterocycles. The van der Waals surface area contributed by atoms with E-state index in [1.807, 2.05) is 6.07 Å². The van der Waals surface area contributed by atoms with Crippen molar-refractivity contribution in [1.82, 2.24) is 10.9 Å². The second kappa shape index (κ2) is 8.80. The number of hydrogen-bond donors (Lipinski definition) is 2. The Hall–Kier alpha value is -1.41. The second-order valence-electron chi connectivity index (χ2n) is 6.43. The highest BCUT2D eigenvalue weighted by molar-refractivity contribution is 7.92. The van der Waals surface area contributed by atoms with Gasteiger partial charge in [0.25, 0.3) is 11.8 Å². The Balaban J connectivity index is 1.96. The van der Waals surface area contributed by atoms with Gasteiger partial charge >= 0.3 is 0 Å². The van der Waals surface area contributed by atoms with Crippen molar-refractivity contribution in [2.75, 3.05) is 5.75 Å². The highest BCUT2D eigenvalue weighted by Crippen LogP contribution is 2.28. The number of hydrogen-bond acceptors (Lipinski definition) is 5. The molecular weight excluding hydrogens is 360 g/mol. The van der Waals surface area contributed by atoms with Crippen molar-refractivity contribution in [3.05, 3.63) is 21.4 Å². The number of carbonyl (C=O) groups excluding carboxylic acids is 2. The smallest absolute Gasteiger partial charge is 0.272 e. The Labute approximate surface area is 153 Å². The lowest BCUT2D eigenvalue weighted by Crippen LogP contribution is -2.48. The van der Waals surface area contributed by atoms with Crippen molar-refractivity contribution in [3.63, 3.8) is 0 Å². The molecular formula is C17H26N2O4S2. The second-order valence-corrected chi connectivity index (χ2v) is 10.0. The summed E-state index contributed by atoms with van der Waals surface area (Å²) in [6.45, 7) is 3.08. The fourth-order valence-corrected chi connectivity index (χ4v) is 5.32. The third-order valence-electron chi connectivity index (χ3n) is 4.42. The van der Waals surface area contributed by atoms with E-state index >= 15 is 0 Å². The maximum absolute atomic E-state index is 12.3. The quantitative estimate of drug-likeness (QED) is 0.760. The zero-order valence-corrected chi connectivity index (χ0v) is 16.4. The lowest BCUT2D eigenvalue weighted by molar-refractivity contribution is -0.121. The largest absolute Gasteiger partial charge is 0.279 e. The summed E-state index contributed by atoms with van der Waals surface area (Å²) in [4.78, 5) is 26.1. The molecule has 0 saturated carbocycles. The number of sulfone groups is 1. The molecule has 0 bridgehead atoms. The van der Waals surface area contributed by atoms with E-state index in [2.05, 4.69) is 10.9 Å². The van der Waals surface area contributed by atoms with Gasteiger partial charge in [-0.05, 0) is 50.7 Å². The number of carbonyl (C=O) groups is 2. The molecule has 1 aromatic rings. The molecule has 1 aliphatic rings. The minimum Gasteiger partial charge on any atom is -0.272 e. The fraction of sp³-hybridized carbons (Fsp3) is 0.647. The van der Waals surface area contributed by atoms with E-state index in [4.69, 9.17) is 0 Å². The minimum atomic E-state index is -3.49. The number of aryl methyl sites for hydroxylation is 2. The van der Waals surface area contributed by atoms with Gasteiger partial charge in [-0.15, -0.1) is 11.3 Å². The van der Waals surface area contributed by atoms with Crippen LogP contribution in [0.4, 0.5) is 0 Å². The summed E-state index contributed by atoms with van der Waals surface area (Å²) >= 11 is 1.46. The molecule has 0 aliphatic heterocycles. The van der Waals surface area contributed by atoms with E-state index in [1.54, 1.807) is 6.92 Å². The molecule has 140 valence electrons. The van der Waals surface area contributed by atoms with Crippen molar-refractivity contribution in [3.8, 4) is 0 Å². The number of hydrazine groups is 1. The first-order chi connectivity index (χ1) is 11.8. The van der Waals surface area contributed by atoms with Gasteiger partial charge < -0.3 is 0 Å². The van der Waals surface area contributed by atoms with Crippen LogP contribution in [0.25, 0.3) is 0 Å². The van der Waals surface area contributed by atoms with Crippen molar-refractivity contribution < 1.29 is 18.0 Å². The van der Waals surface area contributed by atoms with Crippen LogP contribution in [0.1, 0.15) is 66.1 Å². The van der Waals surface area contributed by atoms with E-state index in [9.17, 15) is 18.0 Å². The van der Waals surface area contributed by atoms with E-state index in [0.29, 0.717) is 11.3 Å². The van der Waals surface area contributed by atoms with Crippen LogP contribution >= 0.6 is 11.3 Å². The van der Waals surface area contributed by atoms with Crippen LogP contribution in [0.5, 0.6) is 0 Å². The molecule has 1 aromatic heterocycles. The Morgan fingerprint density at radius 2 is 1.84 bits per heavy atom. The number of amides is 2. The van der Waals surface area contributed by atoms with Gasteiger partial charge in [-0.25, -0.2) is 8.42 Å². The highest BCUT2D eigenvalue weighted by Gasteiger charge is 2.27. The van der Waals surface area contributed by atoms with Gasteiger partial charge in [-0.1, -0.05) is 19.8 Å². The van der Waals surface area contributed by atoms with E-state index in [1.165, 1.54) is 41.5 Å². The molecule has 1 aliphatic carbocycles. The van der Waals surface area contributed by atoms with E-state index < -0.39 is 26.9 Å². The topological polar surface area (TPSA) is 92.3 Å². The molecule has 1 atom stereocenters. The maximum Gasteiger partial charge on any atom is 0.279 e. The number of nitrogens with one attached hydrogen (secondary N) is 2. The predicted molar refractivity (Wildman–Crippen MR) is 99.3 cm³/mol. The molecule has 1 unspecified atom stereocenters. The summed E-state index contributed by atoms with van der Waals surface area (Å²) in [6.07, 6.45) is 7.14. The van der Waals surface area contributed by atoms with Gasteiger partial charge in [-0.2, -0.15) is 0 Å². The summed E-state index contributed by atoms with van der Waals surface area (Å²) < 4.78 is 23.8. The molecule has 0 spiro atoms. The van der Waals surface area contributed by atoms with Gasteiger partial charge in [-0.3, -0.25) is 20.4 Å². The summed E-state index contributed by atoms with van der Waals surface area (Å²) in [6, 6.07) is 1.89. The zero-order valence-electron chi connectivity index (χ0n) is 14.8. The van der Waals surface area contributed by atoms with Crippen LogP contribution in [0.3, 0.4) is 0 Å². The third-order valence-corrected chi connectivity index (χ3v) is 7.92. The Morgan fingerprint density at radius 3 is 2.52 bits per heavy atom. The molecule has 2 N–H and O–H groups in total. The molecule has 2 rings (SSSR count). The first kappa shape index (κ1) is 19.9. The van der Waals surface area contributed by atoms with Crippen LogP contribution in [-0.2, 0) is 27.5 Å². The number of thiophene rings is 1. The lowest BCUT2D eigenvalue weighted by atomic mass is 10.00. The van der Waals surface area contributed by atoms with Crippen molar-refractivity contribution in [2.45, 2.75) is 64.0 Å². The average molecular weight is 387 g/mol. The van der Waals surface area contributed by atoms with Gasteiger partial charge in [0.05, 0.1) is 10.6 Å². The first-order valence-electron chi connectivity index (χ1n) is 8.78. The molecule has 0 aromatic carbocycles. The fourth-order valence-electron chi connectivity index (χ4n) is 2.86. The molecule has 0 radical (unpaired) electrons. The third kappa shape index (κ3) is 5.28. The molecule has 8 heteroatoms. The van der Waals surface area contributed by atoms with Gasteiger partial charge in [0.2, 0.25) is 0 Å². The molecule has 1 heterocycles. The molecule has 25 heavy (non-hydrogen) atoms. The van der Waals surface area contributed by atoms with Crippen LogP contribution < -0.4 is 10.9 Å². The van der Waals surface area contributed by atoms with Crippen molar-refractivity contribution >= 4 is 33.0 Å². The monoisotopic (exact) mass is 386 g/mol. The predicted octanol–water partition coefficient (Wildman–Crippen LogP) is 2.38. The highest BCUT2D eigenvalue weighted by atomic mass is 32.2. The number of rotatable bonds is 5.